The maximum absolute atomic E-state index is 11.8. The maximum atomic E-state index is 11.8. The molecular formula is C15H19NO3S. The molecule has 5 heteroatoms. The predicted molar refractivity (Wildman–Crippen MR) is 79.4 cm³/mol. The quantitative estimate of drug-likeness (QED) is 0.910. The van der Waals surface area contributed by atoms with Crippen molar-refractivity contribution in [2.45, 2.75) is 26.9 Å². The number of aliphatic hydroxyl groups is 1. The minimum Gasteiger partial charge on any atom is -0.464 e. The molecule has 4 nitrogen and oxygen atoms in total. The number of rotatable bonds is 4. The van der Waals surface area contributed by atoms with Crippen LogP contribution in [0.4, 0.5) is 0 Å². The number of carbonyl (C=O) groups is 1. The summed E-state index contributed by atoms with van der Waals surface area (Å²) in [6.07, 6.45) is 0.921. The predicted octanol–water partition coefficient (Wildman–Crippen LogP) is 3.20. The van der Waals surface area contributed by atoms with Gasteiger partial charge >= 0.3 is 0 Å². The first-order valence-electron chi connectivity index (χ1n) is 6.48. The molecule has 0 saturated heterocycles. The number of hydrogen-bond donors (Lipinski definition) is 2. The molecule has 0 radical (unpaired) electrons. The van der Waals surface area contributed by atoms with Gasteiger partial charge in [0.25, 0.3) is 0 Å². The minimum atomic E-state index is -0.699. The lowest BCUT2D eigenvalue weighted by atomic mass is 9.96. The van der Waals surface area contributed by atoms with Gasteiger partial charge in [0.1, 0.15) is 11.9 Å². The molecule has 0 fully saturated rings. The van der Waals surface area contributed by atoms with Crippen LogP contribution in [0.5, 0.6) is 0 Å². The van der Waals surface area contributed by atoms with Crippen molar-refractivity contribution >= 4 is 17.2 Å². The minimum absolute atomic E-state index is 0.0700. The lowest BCUT2D eigenvalue weighted by molar-refractivity contribution is -0.128. The third kappa shape index (κ3) is 3.49. The van der Waals surface area contributed by atoms with Crippen LogP contribution in [0.25, 0.3) is 10.6 Å². The Balaban J connectivity index is 1.97. The van der Waals surface area contributed by atoms with Gasteiger partial charge in [-0.25, -0.2) is 0 Å². The maximum Gasteiger partial charge on any atom is 0.225 e. The van der Waals surface area contributed by atoms with Crippen molar-refractivity contribution in [2.75, 3.05) is 6.54 Å². The first kappa shape index (κ1) is 14.8. The Bertz CT molecular complexity index is 566. The normalized spacial score (nSPS) is 13.2. The molecule has 1 amide bonds. The van der Waals surface area contributed by atoms with E-state index in [9.17, 15) is 9.90 Å². The van der Waals surface area contributed by atoms with Crippen LogP contribution < -0.4 is 5.32 Å². The number of hydrogen-bond acceptors (Lipinski definition) is 4. The van der Waals surface area contributed by atoms with Crippen LogP contribution in [0, 0.1) is 5.41 Å². The molecule has 0 spiro atoms. The summed E-state index contributed by atoms with van der Waals surface area (Å²) in [6.45, 7) is 5.74. The fourth-order valence-electron chi connectivity index (χ4n) is 1.64. The topological polar surface area (TPSA) is 62.5 Å². The van der Waals surface area contributed by atoms with Gasteiger partial charge in [-0.2, -0.15) is 0 Å². The summed E-state index contributed by atoms with van der Waals surface area (Å²) in [6, 6.07) is 7.47. The molecule has 0 aliphatic heterocycles. The Morgan fingerprint density at radius 1 is 1.40 bits per heavy atom. The summed E-state index contributed by atoms with van der Waals surface area (Å²) in [5.41, 5.74) is -0.450. The van der Waals surface area contributed by atoms with Crippen LogP contribution >= 0.6 is 11.3 Å². The van der Waals surface area contributed by atoms with E-state index in [1.165, 1.54) is 11.3 Å². The molecule has 2 heterocycles. The standard InChI is InChI=1S/C15H19NO3S/c1-15(2,3)14(18)16-9-10(17)12-6-7-13(20-12)11-5-4-8-19-11/h4-8,10,17H,9H2,1-3H3,(H,16,18). The van der Waals surface area contributed by atoms with Gasteiger partial charge in [0.15, 0.2) is 0 Å². The molecule has 2 rings (SSSR count). The first-order chi connectivity index (χ1) is 9.38. The zero-order valence-corrected chi connectivity index (χ0v) is 12.7. The van der Waals surface area contributed by atoms with E-state index in [0.717, 1.165) is 15.5 Å². The molecule has 2 N–H and O–H groups in total. The lowest BCUT2D eigenvalue weighted by Crippen LogP contribution is -2.37. The second kappa shape index (κ2) is 5.81. The Kier molecular flexibility index (Phi) is 4.30. The SMILES string of the molecule is CC(C)(C)C(=O)NCC(O)c1ccc(-c2ccco2)s1. The van der Waals surface area contributed by atoms with E-state index in [1.807, 2.05) is 45.0 Å². The molecule has 20 heavy (non-hydrogen) atoms. The van der Waals surface area contributed by atoms with E-state index >= 15 is 0 Å². The summed E-state index contributed by atoms with van der Waals surface area (Å²) < 4.78 is 5.31. The van der Waals surface area contributed by atoms with Crippen LogP contribution in [0.15, 0.2) is 34.9 Å². The Labute approximate surface area is 122 Å². The van der Waals surface area contributed by atoms with E-state index < -0.39 is 11.5 Å². The highest BCUT2D eigenvalue weighted by molar-refractivity contribution is 7.15. The molecule has 0 aromatic carbocycles. The van der Waals surface area contributed by atoms with E-state index in [4.69, 9.17) is 4.42 Å². The molecule has 0 saturated carbocycles. The number of amides is 1. The van der Waals surface area contributed by atoms with Crippen molar-refractivity contribution in [1.82, 2.24) is 5.32 Å². The number of nitrogens with one attached hydrogen (secondary N) is 1. The van der Waals surface area contributed by atoms with E-state index in [2.05, 4.69) is 5.32 Å². The highest BCUT2D eigenvalue weighted by atomic mass is 32.1. The largest absolute Gasteiger partial charge is 0.464 e. The number of carbonyl (C=O) groups excluding carboxylic acids is 1. The van der Waals surface area contributed by atoms with Gasteiger partial charge in [-0.3, -0.25) is 4.79 Å². The van der Waals surface area contributed by atoms with Crippen molar-refractivity contribution in [1.29, 1.82) is 0 Å². The van der Waals surface area contributed by atoms with Crippen LogP contribution in [0.2, 0.25) is 0 Å². The summed E-state index contributed by atoms with van der Waals surface area (Å²) in [5, 5.41) is 12.9. The fourth-order valence-corrected chi connectivity index (χ4v) is 2.60. The van der Waals surface area contributed by atoms with Crippen LogP contribution in [-0.4, -0.2) is 17.6 Å². The number of aliphatic hydroxyl groups excluding tert-OH is 1. The molecule has 1 unspecified atom stereocenters. The van der Waals surface area contributed by atoms with Crippen molar-refractivity contribution in [3.05, 3.63) is 35.4 Å². The molecular weight excluding hydrogens is 274 g/mol. The average Bonchev–Trinajstić information content (AvgIpc) is 3.03. The Hall–Kier alpha value is -1.59. The van der Waals surface area contributed by atoms with Crippen molar-refractivity contribution in [2.24, 2.45) is 5.41 Å². The molecule has 0 aliphatic carbocycles. The van der Waals surface area contributed by atoms with E-state index in [-0.39, 0.29) is 12.5 Å². The van der Waals surface area contributed by atoms with Gasteiger partial charge < -0.3 is 14.8 Å². The van der Waals surface area contributed by atoms with Crippen LogP contribution in [0.1, 0.15) is 31.8 Å². The smallest absolute Gasteiger partial charge is 0.225 e. The average molecular weight is 293 g/mol. The highest BCUT2D eigenvalue weighted by Gasteiger charge is 2.22. The monoisotopic (exact) mass is 293 g/mol. The molecule has 108 valence electrons. The van der Waals surface area contributed by atoms with Gasteiger partial charge in [-0.05, 0) is 24.3 Å². The first-order valence-corrected chi connectivity index (χ1v) is 7.29. The zero-order chi connectivity index (χ0) is 14.8. The molecule has 2 aromatic heterocycles. The highest BCUT2D eigenvalue weighted by Crippen LogP contribution is 2.31. The molecule has 1 atom stereocenters. The summed E-state index contributed by atoms with van der Waals surface area (Å²) in [5.74, 6) is 0.714. The third-order valence-electron chi connectivity index (χ3n) is 2.86. The second-order valence-corrected chi connectivity index (χ2v) is 6.77. The van der Waals surface area contributed by atoms with Gasteiger partial charge in [-0.15, -0.1) is 11.3 Å². The molecule has 0 aliphatic rings. The van der Waals surface area contributed by atoms with Crippen molar-refractivity contribution in [3.8, 4) is 10.6 Å². The fraction of sp³-hybridized carbons (Fsp3) is 0.400. The van der Waals surface area contributed by atoms with Crippen molar-refractivity contribution < 1.29 is 14.3 Å². The lowest BCUT2D eigenvalue weighted by Gasteiger charge is -2.19. The third-order valence-corrected chi connectivity index (χ3v) is 4.06. The summed E-state index contributed by atoms with van der Waals surface area (Å²) in [7, 11) is 0. The Morgan fingerprint density at radius 3 is 2.75 bits per heavy atom. The van der Waals surface area contributed by atoms with Crippen molar-refractivity contribution in [3.63, 3.8) is 0 Å². The van der Waals surface area contributed by atoms with Gasteiger partial charge in [0.2, 0.25) is 5.91 Å². The van der Waals surface area contributed by atoms with Gasteiger partial charge in [0, 0.05) is 16.8 Å². The number of thiophene rings is 1. The van der Waals surface area contributed by atoms with Crippen LogP contribution in [-0.2, 0) is 4.79 Å². The zero-order valence-electron chi connectivity index (χ0n) is 11.8. The van der Waals surface area contributed by atoms with Crippen LogP contribution in [0.3, 0.4) is 0 Å². The Morgan fingerprint density at radius 2 is 2.15 bits per heavy atom. The summed E-state index contributed by atoms with van der Waals surface area (Å²) >= 11 is 1.46. The molecule has 0 bridgehead atoms. The van der Waals surface area contributed by atoms with E-state index in [0.29, 0.717) is 0 Å². The van der Waals surface area contributed by atoms with Gasteiger partial charge in [-0.1, -0.05) is 20.8 Å². The summed E-state index contributed by atoms with van der Waals surface area (Å²) in [4.78, 5) is 13.5. The molecule has 2 aromatic rings. The van der Waals surface area contributed by atoms with Gasteiger partial charge in [0.05, 0.1) is 11.1 Å². The van der Waals surface area contributed by atoms with E-state index in [1.54, 1.807) is 6.26 Å². The second-order valence-electron chi connectivity index (χ2n) is 5.66. The number of furan rings is 1.